The SMILES string of the molecule is CC(C)(C)OC(=O)N[C@@H](C(=O)Oc1ccc2c3c(c(=O)oc2c1)CCCC3)c1ccccc1. The van der Waals surface area contributed by atoms with E-state index in [1.165, 1.54) is 0 Å². The van der Waals surface area contributed by atoms with Crippen molar-refractivity contribution in [2.24, 2.45) is 0 Å². The molecule has 0 unspecified atom stereocenters. The van der Waals surface area contributed by atoms with E-state index in [1.54, 1.807) is 57.2 Å². The molecule has 1 N–H and O–H groups in total. The van der Waals surface area contributed by atoms with Crippen LogP contribution < -0.4 is 15.7 Å². The molecule has 172 valence electrons. The number of amides is 1. The maximum atomic E-state index is 13.1. The fourth-order valence-corrected chi connectivity index (χ4v) is 4.01. The van der Waals surface area contributed by atoms with E-state index in [-0.39, 0.29) is 11.4 Å². The number of fused-ring (bicyclic) bond motifs is 3. The van der Waals surface area contributed by atoms with Crippen LogP contribution >= 0.6 is 0 Å². The van der Waals surface area contributed by atoms with Crippen LogP contribution in [0.15, 0.2) is 57.7 Å². The number of nitrogens with one attached hydrogen (secondary N) is 1. The Bertz CT molecular complexity index is 1240. The van der Waals surface area contributed by atoms with E-state index < -0.39 is 23.7 Å². The predicted molar refractivity (Wildman–Crippen MR) is 123 cm³/mol. The highest BCUT2D eigenvalue weighted by Gasteiger charge is 2.28. The molecule has 2 aromatic carbocycles. The Morgan fingerprint density at radius 2 is 1.70 bits per heavy atom. The van der Waals surface area contributed by atoms with Gasteiger partial charge < -0.3 is 19.2 Å². The molecule has 7 heteroatoms. The zero-order chi connectivity index (χ0) is 23.6. The molecule has 0 saturated heterocycles. The highest BCUT2D eigenvalue weighted by molar-refractivity contribution is 5.86. The topological polar surface area (TPSA) is 94.8 Å². The van der Waals surface area contributed by atoms with Gasteiger partial charge >= 0.3 is 17.7 Å². The Morgan fingerprint density at radius 1 is 1.00 bits per heavy atom. The van der Waals surface area contributed by atoms with Crippen LogP contribution in [0.4, 0.5) is 4.79 Å². The van der Waals surface area contributed by atoms with Crippen molar-refractivity contribution in [3.63, 3.8) is 0 Å². The molecule has 1 aliphatic rings. The lowest BCUT2D eigenvalue weighted by molar-refractivity contribution is -0.137. The average molecular weight is 450 g/mol. The summed E-state index contributed by atoms with van der Waals surface area (Å²) in [4.78, 5) is 37.8. The maximum absolute atomic E-state index is 13.1. The van der Waals surface area contributed by atoms with Crippen LogP contribution in [0, 0.1) is 0 Å². The molecule has 0 spiro atoms. The van der Waals surface area contributed by atoms with Crippen molar-refractivity contribution < 1.29 is 23.5 Å². The number of esters is 1. The van der Waals surface area contributed by atoms with Crippen molar-refractivity contribution >= 4 is 23.0 Å². The second-order valence-corrected chi connectivity index (χ2v) is 9.12. The number of hydrogen-bond donors (Lipinski definition) is 1. The Morgan fingerprint density at radius 3 is 2.39 bits per heavy atom. The van der Waals surface area contributed by atoms with Gasteiger partial charge in [0.15, 0.2) is 6.04 Å². The van der Waals surface area contributed by atoms with E-state index in [0.29, 0.717) is 11.1 Å². The zero-order valence-electron chi connectivity index (χ0n) is 19.0. The number of carbonyl (C=O) groups excluding carboxylic acids is 2. The predicted octanol–water partition coefficient (Wildman–Crippen LogP) is 4.84. The highest BCUT2D eigenvalue weighted by Crippen LogP contribution is 2.29. The minimum atomic E-state index is -1.08. The molecule has 0 fully saturated rings. The molecule has 0 bridgehead atoms. The van der Waals surface area contributed by atoms with E-state index in [9.17, 15) is 14.4 Å². The van der Waals surface area contributed by atoms with Gasteiger partial charge in [0.25, 0.3) is 0 Å². The van der Waals surface area contributed by atoms with Crippen molar-refractivity contribution in [1.82, 2.24) is 5.32 Å². The van der Waals surface area contributed by atoms with Gasteiger partial charge in [0.05, 0.1) is 0 Å². The molecule has 1 amide bonds. The van der Waals surface area contributed by atoms with Crippen LogP contribution in [-0.4, -0.2) is 17.7 Å². The van der Waals surface area contributed by atoms with Gasteiger partial charge in [-0.25, -0.2) is 14.4 Å². The molecule has 3 aromatic rings. The third-order valence-electron chi connectivity index (χ3n) is 5.44. The minimum Gasteiger partial charge on any atom is -0.444 e. The summed E-state index contributed by atoms with van der Waals surface area (Å²) in [6.07, 6.45) is 2.82. The molecule has 1 atom stereocenters. The van der Waals surface area contributed by atoms with Gasteiger partial charge in [-0.15, -0.1) is 0 Å². The second kappa shape index (κ2) is 9.10. The van der Waals surface area contributed by atoms with E-state index in [4.69, 9.17) is 13.9 Å². The third kappa shape index (κ3) is 5.25. The molecule has 0 radical (unpaired) electrons. The van der Waals surface area contributed by atoms with E-state index in [0.717, 1.165) is 42.2 Å². The summed E-state index contributed by atoms with van der Waals surface area (Å²) < 4.78 is 16.4. The number of rotatable bonds is 4. The molecule has 7 nitrogen and oxygen atoms in total. The molecular formula is C26H27NO6. The second-order valence-electron chi connectivity index (χ2n) is 9.12. The van der Waals surface area contributed by atoms with Crippen LogP contribution in [0.5, 0.6) is 5.75 Å². The molecule has 1 aromatic heterocycles. The lowest BCUT2D eigenvalue weighted by atomic mass is 9.91. The standard InChI is InChI=1S/C26H27NO6/c1-26(2,3)33-25(30)27-22(16-9-5-4-6-10-16)24(29)31-17-13-14-19-18-11-7-8-12-20(18)23(28)32-21(19)15-17/h4-6,9-10,13-15,22H,7-8,11-12H2,1-3H3,(H,27,30)/t22-/m1/s1. The normalized spacial score (nSPS) is 14.3. The molecule has 1 aliphatic carbocycles. The van der Waals surface area contributed by atoms with Crippen LogP contribution in [0.2, 0.25) is 0 Å². The number of hydrogen-bond acceptors (Lipinski definition) is 6. The fourth-order valence-electron chi connectivity index (χ4n) is 4.01. The summed E-state index contributed by atoms with van der Waals surface area (Å²) in [7, 11) is 0. The molecule has 0 saturated carbocycles. The van der Waals surface area contributed by atoms with Crippen molar-refractivity contribution in [3.05, 3.63) is 75.6 Å². The first kappa shape index (κ1) is 22.6. The van der Waals surface area contributed by atoms with Crippen LogP contribution in [0.25, 0.3) is 11.0 Å². The summed E-state index contributed by atoms with van der Waals surface area (Å²) in [6, 6.07) is 12.7. The van der Waals surface area contributed by atoms with Crippen molar-refractivity contribution in [2.45, 2.75) is 58.1 Å². The number of benzene rings is 2. The van der Waals surface area contributed by atoms with Crippen molar-refractivity contribution in [2.75, 3.05) is 0 Å². The summed E-state index contributed by atoms with van der Waals surface area (Å²) in [6.45, 7) is 5.22. The Hall–Kier alpha value is -3.61. The van der Waals surface area contributed by atoms with Gasteiger partial charge in [0, 0.05) is 17.0 Å². The highest BCUT2D eigenvalue weighted by atomic mass is 16.6. The maximum Gasteiger partial charge on any atom is 0.408 e. The van der Waals surface area contributed by atoms with Gasteiger partial charge in [-0.3, -0.25) is 0 Å². The van der Waals surface area contributed by atoms with Crippen molar-refractivity contribution in [1.29, 1.82) is 0 Å². The summed E-state index contributed by atoms with van der Waals surface area (Å²) >= 11 is 0. The van der Waals surface area contributed by atoms with Crippen molar-refractivity contribution in [3.8, 4) is 5.75 Å². The molecular weight excluding hydrogens is 422 g/mol. The molecule has 0 aliphatic heterocycles. The molecule has 1 heterocycles. The van der Waals surface area contributed by atoms with E-state index >= 15 is 0 Å². The van der Waals surface area contributed by atoms with E-state index in [1.807, 2.05) is 12.1 Å². The molecule has 33 heavy (non-hydrogen) atoms. The fraction of sp³-hybridized carbons (Fsp3) is 0.346. The number of alkyl carbamates (subject to hydrolysis) is 1. The first-order valence-electron chi connectivity index (χ1n) is 11.1. The zero-order valence-corrected chi connectivity index (χ0v) is 19.0. The smallest absolute Gasteiger partial charge is 0.408 e. The Labute approximate surface area is 191 Å². The lowest BCUT2D eigenvalue weighted by Crippen LogP contribution is -2.39. The summed E-state index contributed by atoms with van der Waals surface area (Å²) in [5.74, 6) is -0.468. The Balaban J connectivity index is 1.61. The van der Waals surface area contributed by atoms with Gasteiger partial charge in [-0.1, -0.05) is 30.3 Å². The van der Waals surface area contributed by atoms with Gasteiger partial charge in [0.1, 0.15) is 16.9 Å². The Kier molecular flexibility index (Phi) is 6.22. The first-order valence-corrected chi connectivity index (χ1v) is 11.1. The first-order chi connectivity index (χ1) is 15.7. The van der Waals surface area contributed by atoms with Crippen LogP contribution in [0.3, 0.4) is 0 Å². The lowest BCUT2D eigenvalue weighted by Gasteiger charge is -2.23. The largest absolute Gasteiger partial charge is 0.444 e. The van der Waals surface area contributed by atoms with Gasteiger partial charge in [-0.2, -0.15) is 0 Å². The van der Waals surface area contributed by atoms with Gasteiger partial charge in [-0.05, 0) is 69.7 Å². The van der Waals surface area contributed by atoms with Crippen LogP contribution in [-0.2, 0) is 22.4 Å². The summed E-state index contributed by atoms with van der Waals surface area (Å²) in [5, 5.41) is 3.44. The average Bonchev–Trinajstić information content (AvgIpc) is 2.77. The van der Waals surface area contributed by atoms with Gasteiger partial charge in [0.2, 0.25) is 0 Å². The number of ether oxygens (including phenoxy) is 2. The number of aryl methyl sites for hydroxylation is 1. The quantitative estimate of drug-likeness (QED) is 0.348. The van der Waals surface area contributed by atoms with E-state index in [2.05, 4.69) is 5.32 Å². The number of carbonyl (C=O) groups is 2. The minimum absolute atomic E-state index is 0.221. The van der Waals surface area contributed by atoms with Crippen LogP contribution in [0.1, 0.15) is 56.3 Å². The summed E-state index contributed by atoms with van der Waals surface area (Å²) in [5.41, 5.74) is 1.62. The third-order valence-corrected chi connectivity index (χ3v) is 5.44. The molecule has 4 rings (SSSR count). The monoisotopic (exact) mass is 449 g/mol.